The summed E-state index contributed by atoms with van der Waals surface area (Å²) in [5, 5.41) is 12.0. The number of amides is 2. The molecule has 5 nitrogen and oxygen atoms in total. The van der Waals surface area contributed by atoms with Gasteiger partial charge in [-0.2, -0.15) is 0 Å². The summed E-state index contributed by atoms with van der Waals surface area (Å²) in [6.45, 7) is 5.87. The number of urea groups is 1. The van der Waals surface area contributed by atoms with E-state index in [0.29, 0.717) is 6.42 Å². The Morgan fingerprint density at radius 3 is 2.63 bits per heavy atom. The number of carbonyl (C=O) groups excluding carboxylic acids is 1. The van der Waals surface area contributed by atoms with Gasteiger partial charge in [0, 0.05) is 19.1 Å². The fourth-order valence-electron chi connectivity index (χ4n) is 3.27. The average Bonchev–Trinajstić information content (AvgIpc) is 2.75. The van der Waals surface area contributed by atoms with Crippen molar-refractivity contribution in [1.29, 1.82) is 0 Å². The second-order valence-electron chi connectivity index (χ2n) is 6.62. The number of carboxylic acids is 1. The Labute approximate surface area is 114 Å². The van der Waals surface area contributed by atoms with E-state index in [0.717, 1.165) is 38.8 Å². The highest BCUT2D eigenvalue weighted by Crippen LogP contribution is 2.29. The SMILES string of the molecule is CC1(C)CCCN(C(=O)NC2CCCC2C(=O)O)C1. The predicted octanol–water partition coefficient (Wildman–Crippen LogP) is 2.07. The third-order valence-electron chi connectivity index (χ3n) is 4.33. The molecule has 0 aromatic carbocycles. The second kappa shape index (κ2) is 5.39. The van der Waals surface area contributed by atoms with Gasteiger partial charge in [0.25, 0.3) is 0 Å². The van der Waals surface area contributed by atoms with E-state index in [2.05, 4.69) is 19.2 Å². The van der Waals surface area contributed by atoms with Crippen LogP contribution in [-0.2, 0) is 4.79 Å². The van der Waals surface area contributed by atoms with Crippen LogP contribution in [0.1, 0.15) is 46.0 Å². The van der Waals surface area contributed by atoms with Gasteiger partial charge in [-0.1, -0.05) is 20.3 Å². The van der Waals surface area contributed by atoms with Gasteiger partial charge in [-0.15, -0.1) is 0 Å². The lowest BCUT2D eigenvalue weighted by molar-refractivity contribution is -0.142. The number of piperidine rings is 1. The number of nitrogens with one attached hydrogen (secondary N) is 1. The van der Waals surface area contributed by atoms with E-state index in [-0.39, 0.29) is 17.5 Å². The normalized spacial score (nSPS) is 30.1. The molecule has 0 radical (unpaired) electrons. The molecule has 1 aliphatic carbocycles. The van der Waals surface area contributed by atoms with Crippen LogP contribution in [0.3, 0.4) is 0 Å². The van der Waals surface area contributed by atoms with Crippen molar-refractivity contribution in [2.45, 2.75) is 52.0 Å². The number of likely N-dealkylation sites (tertiary alicyclic amines) is 1. The topological polar surface area (TPSA) is 69.6 Å². The summed E-state index contributed by atoms with van der Waals surface area (Å²) < 4.78 is 0. The average molecular weight is 268 g/mol. The first-order valence-electron chi connectivity index (χ1n) is 7.17. The van der Waals surface area contributed by atoms with Gasteiger partial charge >= 0.3 is 12.0 Å². The maximum absolute atomic E-state index is 12.2. The van der Waals surface area contributed by atoms with Gasteiger partial charge in [0.2, 0.25) is 0 Å². The maximum atomic E-state index is 12.2. The van der Waals surface area contributed by atoms with E-state index < -0.39 is 11.9 Å². The van der Waals surface area contributed by atoms with Gasteiger partial charge in [0.05, 0.1) is 5.92 Å². The smallest absolute Gasteiger partial charge is 0.317 e. The zero-order chi connectivity index (χ0) is 14.0. The van der Waals surface area contributed by atoms with Gasteiger partial charge in [0.15, 0.2) is 0 Å². The van der Waals surface area contributed by atoms with Gasteiger partial charge < -0.3 is 15.3 Å². The molecule has 0 aromatic rings. The molecule has 2 atom stereocenters. The highest BCUT2D eigenvalue weighted by Gasteiger charge is 2.36. The number of carboxylic acid groups (broad SMARTS) is 1. The Hall–Kier alpha value is -1.26. The fraction of sp³-hybridized carbons (Fsp3) is 0.857. The summed E-state index contributed by atoms with van der Waals surface area (Å²) in [4.78, 5) is 25.2. The number of carbonyl (C=O) groups is 2. The van der Waals surface area contributed by atoms with Crippen LogP contribution in [0.25, 0.3) is 0 Å². The van der Waals surface area contributed by atoms with Crippen molar-refractivity contribution in [3.63, 3.8) is 0 Å². The third kappa shape index (κ3) is 3.39. The predicted molar refractivity (Wildman–Crippen MR) is 71.9 cm³/mol. The van der Waals surface area contributed by atoms with Crippen LogP contribution in [0.2, 0.25) is 0 Å². The minimum absolute atomic E-state index is 0.0917. The van der Waals surface area contributed by atoms with E-state index in [4.69, 9.17) is 5.11 Å². The lowest BCUT2D eigenvalue weighted by atomic mass is 9.84. The number of hydrogen-bond donors (Lipinski definition) is 2. The quantitative estimate of drug-likeness (QED) is 0.805. The van der Waals surface area contributed by atoms with Crippen molar-refractivity contribution in [3.05, 3.63) is 0 Å². The van der Waals surface area contributed by atoms with Crippen LogP contribution in [0, 0.1) is 11.3 Å². The number of rotatable bonds is 2. The van der Waals surface area contributed by atoms with E-state index >= 15 is 0 Å². The molecule has 2 rings (SSSR count). The summed E-state index contributed by atoms with van der Waals surface area (Å²) in [6, 6.07) is -0.291. The van der Waals surface area contributed by atoms with Gasteiger partial charge in [-0.25, -0.2) is 4.79 Å². The fourth-order valence-corrected chi connectivity index (χ4v) is 3.27. The Bertz CT molecular complexity index is 368. The monoisotopic (exact) mass is 268 g/mol. The summed E-state index contributed by atoms with van der Waals surface area (Å²) in [5.74, 6) is -1.21. The first-order chi connectivity index (χ1) is 8.89. The molecule has 108 valence electrons. The molecular formula is C14H24N2O3. The van der Waals surface area contributed by atoms with Crippen LogP contribution in [0.4, 0.5) is 4.79 Å². The van der Waals surface area contributed by atoms with E-state index in [1.807, 2.05) is 4.90 Å². The third-order valence-corrected chi connectivity index (χ3v) is 4.33. The van der Waals surface area contributed by atoms with Crippen molar-refractivity contribution in [1.82, 2.24) is 10.2 Å². The van der Waals surface area contributed by atoms with Crippen LogP contribution in [-0.4, -0.2) is 41.1 Å². The van der Waals surface area contributed by atoms with Crippen LogP contribution in [0.5, 0.6) is 0 Å². The first kappa shape index (κ1) is 14.2. The molecule has 2 N–H and O–H groups in total. The molecule has 2 aliphatic rings. The number of nitrogens with zero attached hydrogens (tertiary/aromatic N) is 1. The summed E-state index contributed by atoms with van der Waals surface area (Å²) in [7, 11) is 0. The van der Waals surface area contributed by atoms with Crippen molar-refractivity contribution in [2.75, 3.05) is 13.1 Å². The zero-order valence-electron chi connectivity index (χ0n) is 11.8. The molecule has 5 heteroatoms. The molecule has 19 heavy (non-hydrogen) atoms. The molecule has 2 unspecified atom stereocenters. The highest BCUT2D eigenvalue weighted by molar-refractivity contribution is 5.77. The minimum atomic E-state index is -0.790. The van der Waals surface area contributed by atoms with Crippen molar-refractivity contribution in [2.24, 2.45) is 11.3 Å². The van der Waals surface area contributed by atoms with Crippen molar-refractivity contribution < 1.29 is 14.7 Å². The summed E-state index contributed by atoms with van der Waals surface area (Å²) in [6.07, 6.45) is 4.49. The molecule has 1 saturated heterocycles. The number of aliphatic carboxylic acids is 1. The highest BCUT2D eigenvalue weighted by atomic mass is 16.4. The van der Waals surface area contributed by atoms with E-state index in [9.17, 15) is 9.59 Å². The maximum Gasteiger partial charge on any atom is 0.317 e. The largest absolute Gasteiger partial charge is 0.481 e. The molecule has 1 heterocycles. The summed E-state index contributed by atoms with van der Waals surface area (Å²) >= 11 is 0. The van der Waals surface area contributed by atoms with Gasteiger partial charge in [-0.3, -0.25) is 4.79 Å². The van der Waals surface area contributed by atoms with E-state index in [1.165, 1.54) is 0 Å². The molecule has 1 aliphatic heterocycles. The lowest BCUT2D eigenvalue weighted by Crippen LogP contribution is -2.51. The first-order valence-corrected chi connectivity index (χ1v) is 7.17. The molecule has 2 amide bonds. The Kier molecular flexibility index (Phi) is 4.02. The number of hydrogen-bond acceptors (Lipinski definition) is 2. The van der Waals surface area contributed by atoms with Crippen LogP contribution >= 0.6 is 0 Å². The molecular weight excluding hydrogens is 244 g/mol. The lowest BCUT2D eigenvalue weighted by Gasteiger charge is -2.38. The van der Waals surface area contributed by atoms with Crippen LogP contribution < -0.4 is 5.32 Å². The zero-order valence-corrected chi connectivity index (χ0v) is 11.8. The van der Waals surface area contributed by atoms with Crippen molar-refractivity contribution in [3.8, 4) is 0 Å². The Morgan fingerprint density at radius 2 is 2.00 bits per heavy atom. The van der Waals surface area contributed by atoms with Gasteiger partial charge in [-0.05, 0) is 31.1 Å². The van der Waals surface area contributed by atoms with E-state index in [1.54, 1.807) is 0 Å². The molecule has 0 bridgehead atoms. The Balaban J connectivity index is 1.92. The second-order valence-corrected chi connectivity index (χ2v) is 6.62. The van der Waals surface area contributed by atoms with Crippen molar-refractivity contribution >= 4 is 12.0 Å². The minimum Gasteiger partial charge on any atom is -0.481 e. The summed E-state index contributed by atoms with van der Waals surface area (Å²) in [5.41, 5.74) is 0.164. The molecule has 2 fully saturated rings. The molecule has 0 aromatic heterocycles. The Morgan fingerprint density at radius 1 is 1.26 bits per heavy atom. The van der Waals surface area contributed by atoms with Crippen LogP contribution in [0.15, 0.2) is 0 Å². The standard InChI is InChI=1S/C14H24N2O3/c1-14(2)7-4-8-16(9-14)13(19)15-11-6-3-5-10(11)12(17)18/h10-11H,3-9H2,1-2H3,(H,15,19)(H,17,18). The van der Waals surface area contributed by atoms with Gasteiger partial charge in [0.1, 0.15) is 0 Å². The molecule has 0 spiro atoms. The molecule has 1 saturated carbocycles.